The first kappa shape index (κ1) is 12.6. The molecule has 0 saturated carbocycles. The van der Waals surface area contributed by atoms with Gasteiger partial charge in [0.2, 0.25) is 0 Å². The minimum atomic E-state index is -0.997. The minimum absolute atomic E-state index is 0.362. The molecule has 0 bridgehead atoms. The van der Waals surface area contributed by atoms with Crippen LogP contribution in [0.15, 0.2) is 24.3 Å². The van der Waals surface area contributed by atoms with Crippen LogP contribution in [0.2, 0.25) is 0 Å². The van der Waals surface area contributed by atoms with E-state index >= 15 is 0 Å². The zero-order valence-corrected chi connectivity index (χ0v) is 9.62. The van der Waals surface area contributed by atoms with Crippen LogP contribution < -0.4 is 5.32 Å². The number of hydrogen-bond donors (Lipinski definition) is 2. The third-order valence-electron chi connectivity index (χ3n) is 2.74. The number of benzene rings is 1. The number of hydrogen-bond acceptors (Lipinski definition) is 2. The molecule has 0 aliphatic heterocycles. The van der Waals surface area contributed by atoms with Crippen LogP contribution in [-0.4, -0.2) is 18.1 Å². The molecule has 0 aromatic heterocycles. The van der Waals surface area contributed by atoms with Gasteiger partial charge in [-0.3, -0.25) is 4.79 Å². The normalized spacial score (nSPS) is 13.5. The van der Waals surface area contributed by atoms with Crippen molar-refractivity contribution in [3.05, 3.63) is 35.6 Å². The lowest BCUT2D eigenvalue weighted by atomic mass is 9.80. The van der Waals surface area contributed by atoms with Gasteiger partial charge in [0.25, 0.3) is 0 Å². The van der Waals surface area contributed by atoms with E-state index in [1.165, 1.54) is 12.1 Å². The molecule has 0 saturated heterocycles. The Morgan fingerprint density at radius 1 is 1.50 bits per heavy atom. The molecule has 3 nitrogen and oxygen atoms in total. The van der Waals surface area contributed by atoms with Crippen molar-refractivity contribution in [1.29, 1.82) is 0 Å². The molecule has 1 rings (SSSR count). The van der Waals surface area contributed by atoms with E-state index in [1.54, 1.807) is 33.0 Å². The smallest absolute Gasteiger partial charge is 0.311 e. The molecule has 0 radical (unpaired) electrons. The second-order valence-electron chi connectivity index (χ2n) is 4.30. The molecule has 0 aliphatic rings. The van der Waals surface area contributed by atoms with Gasteiger partial charge < -0.3 is 10.4 Å². The molecule has 0 spiro atoms. The topological polar surface area (TPSA) is 49.3 Å². The van der Waals surface area contributed by atoms with Crippen molar-refractivity contribution in [2.24, 2.45) is 5.41 Å². The maximum absolute atomic E-state index is 13.1. The van der Waals surface area contributed by atoms with Crippen molar-refractivity contribution < 1.29 is 14.3 Å². The fourth-order valence-corrected chi connectivity index (χ4v) is 1.75. The molecule has 2 N–H and O–H groups in total. The van der Waals surface area contributed by atoms with Crippen LogP contribution in [0, 0.1) is 11.2 Å². The van der Waals surface area contributed by atoms with Crippen LogP contribution in [0.3, 0.4) is 0 Å². The number of nitrogens with one attached hydrogen (secondary N) is 1. The van der Waals surface area contributed by atoms with Crippen molar-refractivity contribution in [3.8, 4) is 0 Å². The van der Waals surface area contributed by atoms with Crippen LogP contribution in [-0.2, 0) is 4.79 Å². The van der Waals surface area contributed by atoms with Crippen molar-refractivity contribution in [1.82, 2.24) is 5.32 Å². The Morgan fingerprint density at radius 3 is 2.56 bits per heavy atom. The number of rotatable bonds is 4. The van der Waals surface area contributed by atoms with Crippen molar-refractivity contribution in [2.75, 3.05) is 7.05 Å². The number of carbonyl (C=O) groups is 1. The third kappa shape index (κ3) is 2.39. The molecule has 1 aromatic rings. The van der Waals surface area contributed by atoms with E-state index in [0.717, 1.165) is 0 Å². The summed E-state index contributed by atoms with van der Waals surface area (Å²) in [5.41, 5.74) is -0.363. The van der Waals surface area contributed by atoms with Crippen LogP contribution in [0.5, 0.6) is 0 Å². The van der Waals surface area contributed by atoms with E-state index in [-0.39, 0.29) is 5.82 Å². The zero-order chi connectivity index (χ0) is 12.3. The summed E-state index contributed by atoms with van der Waals surface area (Å²) in [5, 5.41) is 12.1. The fraction of sp³-hybridized carbons (Fsp3) is 0.417. The van der Waals surface area contributed by atoms with E-state index < -0.39 is 17.4 Å². The van der Waals surface area contributed by atoms with Gasteiger partial charge in [-0.25, -0.2) is 4.39 Å². The first-order valence-corrected chi connectivity index (χ1v) is 5.05. The van der Waals surface area contributed by atoms with Crippen LogP contribution in [0.25, 0.3) is 0 Å². The van der Waals surface area contributed by atoms with E-state index in [2.05, 4.69) is 5.32 Å². The van der Waals surface area contributed by atoms with Gasteiger partial charge in [-0.2, -0.15) is 0 Å². The molecular formula is C12H16FNO2. The second kappa shape index (κ2) is 4.61. The molecule has 16 heavy (non-hydrogen) atoms. The average molecular weight is 225 g/mol. The fourth-order valence-electron chi connectivity index (χ4n) is 1.75. The summed E-state index contributed by atoms with van der Waals surface area (Å²) < 4.78 is 13.1. The zero-order valence-electron chi connectivity index (χ0n) is 9.62. The molecule has 0 heterocycles. The van der Waals surface area contributed by atoms with E-state index in [1.807, 2.05) is 0 Å². The Labute approximate surface area is 94.3 Å². The van der Waals surface area contributed by atoms with Crippen LogP contribution in [0.4, 0.5) is 4.39 Å². The summed E-state index contributed by atoms with van der Waals surface area (Å²) in [5.74, 6) is -1.28. The van der Waals surface area contributed by atoms with Gasteiger partial charge in [-0.1, -0.05) is 12.1 Å². The van der Waals surface area contributed by atoms with Crippen molar-refractivity contribution in [2.45, 2.75) is 19.9 Å². The number of halogens is 1. The average Bonchev–Trinajstić information content (AvgIpc) is 2.18. The van der Waals surface area contributed by atoms with E-state index in [0.29, 0.717) is 5.56 Å². The molecule has 88 valence electrons. The summed E-state index contributed by atoms with van der Waals surface area (Å²) in [6.45, 7) is 3.23. The van der Waals surface area contributed by atoms with Gasteiger partial charge in [0, 0.05) is 6.04 Å². The highest BCUT2D eigenvalue weighted by Crippen LogP contribution is 2.33. The Kier molecular flexibility index (Phi) is 3.65. The molecular weight excluding hydrogens is 209 g/mol. The highest BCUT2D eigenvalue weighted by molar-refractivity contribution is 5.75. The molecule has 4 heteroatoms. The maximum atomic E-state index is 13.1. The van der Waals surface area contributed by atoms with Gasteiger partial charge in [-0.15, -0.1) is 0 Å². The molecule has 1 unspecified atom stereocenters. The van der Waals surface area contributed by atoms with Crippen LogP contribution >= 0.6 is 0 Å². The highest BCUT2D eigenvalue weighted by Gasteiger charge is 2.37. The largest absolute Gasteiger partial charge is 0.481 e. The van der Waals surface area contributed by atoms with Gasteiger partial charge >= 0.3 is 5.97 Å². The number of aliphatic carboxylic acids is 1. The van der Waals surface area contributed by atoms with Crippen molar-refractivity contribution in [3.63, 3.8) is 0 Å². The summed E-state index contributed by atoms with van der Waals surface area (Å²) in [6.07, 6.45) is 0. The number of carboxylic acids is 1. The molecule has 1 atom stereocenters. The van der Waals surface area contributed by atoms with Gasteiger partial charge in [0.15, 0.2) is 0 Å². The third-order valence-corrected chi connectivity index (χ3v) is 2.74. The lowest BCUT2D eigenvalue weighted by Crippen LogP contribution is -2.38. The van der Waals surface area contributed by atoms with Gasteiger partial charge in [0.1, 0.15) is 5.82 Å². The Balaban J connectivity index is 3.12. The van der Waals surface area contributed by atoms with E-state index in [4.69, 9.17) is 5.11 Å². The molecule has 1 aromatic carbocycles. The standard InChI is InChI=1S/C12H16FNO2/c1-12(2,11(15)16)10(14-3)8-5-4-6-9(13)7-8/h4-7,10,14H,1-3H3,(H,15,16). The van der Waals surface area contributed by atoms with Gasteiger partial charge in [-0.05, 0) is 38.6 Å². The van der Waals surface area contributed by atoms with E-state index in [9.17, 15) is 9.18 Å². The lowest BCUT2D eigenvalue weighted by molar-refractivity contribution is -0.148. The summed E-state index contributed by atoms with van der Waals surface area (Å²) in [7, 11) is 1.67. The summed E-state index contributed by atoms with van der Waals surface area (Å²) >= 11 is 0. The summed E-state index contributed by atoms with van der Waals surface area (Å²) in [6, 6.07) is 5.55. The molecule has 0 aliphatic carbocycles. The number of carboxylic acid groups (broad SMARTS) is 1. The Morgan fingerprint density at radius 2 is 2.12 bits per heavy atom. The summed E-state index contributed by atoms with van der Waals surface area (Å²) in [4.78, 5) is 11.1. The SMILES string of the molecule is CNC(c1cccc(F)c1)C(C)(C)C(=O)O. The quantitative estimate of drug-likeness (QED) is 0.825. The predicted octanol–water partition coefficient (Wildman–Crippen LogP) is 2.20. The Bertz CT molecular complexity index is 390. The first-order chi connectivity index (χ1) is 7.39. The Hall–Kier alpha value is -1.42. The van der Waals surface area contributed by atoms with Crippen LogP contribution in [0.1, 0.15) is 25.5 Å². The van der Waals surface area contributed by atoms with Crippen molar-refractivity contribution >= 4 is 5.97 Å². The highest BCUT2D eigenvalue weighted by atomic mass is 19.1. The first-order valence-electron chi connectivity index (χ1n) is 5.05. The minimum Gasteiger partial charge on any atom is -0.481 e. The van der Waals surface area contributed by atoms with Gasteiger partial charge in [0.05, 0.1) is 5.41 Å². The predicted molar refractivity (Wildman–Crippen MR) is 59.6 cm³/mol. The molecule has 0 amide bonds. The monoisotopic (exact) mass is 225 g/mol. The maximum Gasteiger partial charge on any atom is 0.311 e. The molecule has 0 fully saturated rings. The lowest BCUT2D eigenvalue weighted by Gasteiger charge is -2.30. The second-order valence-corrected chi connectivity index (χ2v) is 4.30.